The van der Waals surface area contributed by atoms with E-state index in [-0.39, 0.29) is 18.0 Å². The van der Waals surface area contributed by atoms with Gasteiger partial charge in [0, 0.05) is 0 Å². The highest BCUT2D eigenvalue weighted by molar-refractivity contribution is 9.10. The monoisotopic (exact) mass is 462 g/mol. The van der Waals surface area contributed by atoms with Crippen LogP contribution in [0, 0.1) is 5.82 Å². The van der Waals surface area contributed by atoms with Crippen molar-refractivity contribution in [2.75, 3.05) is 0 Å². The number of carboxylic acids is 1. The summed E-state index contributed by atoms with van der Waals surface area (Å²) in [6.07, 6.45) is 1.39. The second kappa shape index (κ2) is 9.22. The first-order chi connectivity index (χ1) is 13.4. The summed E-state index contributed by atoms with van der Waals surface area (Å²) in [5.74, 6) is -0.628. The normalized spacial score (nSPS) is 10.7. The molecule has 6 heteroatoms. The lowest BCUT2D eigenvalue weighted by Gasteiger charge is -2.15. The second-order valence-electron chi connectivity index (χ2n) is 6.27. The average Bonchev–Trinajstić information content (AvgIpc) is 2.68. The zero-order valence-corrected chi connectivity index (χ0v) is 17.1. The molecule has 0 fully saturated rings. The van der Waals surface area contributed by atoms with Crippen molar-refractivity contribution < 1.29 is 19.0 Å². The fourth-order valence-electron chi connectivity index (χ4n) is 2.80. The fourth-order valence-corrected chi connectivity index (χ4v) is 3.45. The topological polar surface area (TPSA) is 46.5 Å². The van der Waals surface area contributed by atoms with Crippen LogP contribution in [-0.4, -0.2) is 11.1 Å². The summed E-state index contributed by atoms with van der Waals surface area (Å²) in [6, 6.07) is 16.8. The maximum atomic E-state index is 13.4. The Kier molecular flexibility index (Phi) is 6.70. The van der Waals surface area contributed by atoms with Gasteiger partial charge in [-0.15, -0.1) is 0 Å². The van der Waals surface area contributed by atoms with Gasteiger partial charge in [-0.1, -0.05) is 41.9 Å². The average molecular weight is 464 g/mol. The van der Waals surface area contributed by atoms with Gasteiger partial charge in [-0.3, -0.25) is 0 Å². The zero-order valence-electron chi connectivity index (χ0n) is 14.8. The first kappa shape index (κ1) is 20.4. The molecule has 0 spiro atoms. The Bertz CT molecular complexity index is 990. The summed E-state index contributed by atoms with van der Waals surface area (Å²) in [6.45, 7) is 0.219. The molecule has 0 saturated carbocycles. The predicted molar refractivity (Wildman–Crippen MR) is 111 cm³/mol. The van der Waals surface area contributed by atoms with E-state index in [1.165, 1.54) is 12.1 Å². The van der Waals surface area contributed by atoms with Crippen molar-refractivity contribution in [2.45, 2.75) is 19.4 Å². The Hall–Kier alpha value is -2.37. The number of aromatic carboxylic acids is 1. The maximum Gasteiger partial charge on any atom is 0.335 e. The molecule has 1 N–H and O–H groups in total. The maximum absolute atomic E-state index is 13.4. The molecule has 28 heavy (non-hydrogen) atoms. The van der Waals surface area contributed by atoms with E-state index in [1.54, 1.807) is 30.3 Å². The zero-order chi connectivity index (χ0) is 20.1. The van der Waals surface area contributed by atoms with Gasteiger partial charge in [0.25, 0.3) is 0 Å². The highest BCUT2D eigenvalue weighted by Crippen LogP contribution is 2.36. The Labute approximate surface area is 175 Å². The van der Waals surface area contributed by atoms with Gasteiger partial charge < -0.3 is 9.84 Å². The van der Waals surface area contributed by atoms with Crippen LogP contribution in [0.25, 0.3) is 0 Å². The molecule has 0 saturated heterocycles. The molecule has 0 bridgehead atoms. The molecule has 0 atom stereocenters. The van der Waals surface area contributed by atoms with Crippen molar-refractivity contribution >= 4 is 33.5 Å². The summed E-state index contributed by atoms with van der Waals surface area (Å²) in [7, 11) is 0. The van der Waals surface area contributed by atoms with Crippen molar-refractivity contribution in [3.63, 3.8) is 0 Å². The second-order valence-corrected chi connectivity index (χ2v) is 7.47. The molecule has 0 heterocycles. The van der Waals surface area contributed by atoms with Crippen molar-refractivity contribution in [3.05, 3.63) is 98.2 Å². The number of rotatable bonds is 7. The summed E-state index contributed by atoms with van der Waals surface area (Å²) >= 11 is 9.69. The number of hydrogen-bond acceptors (Lipinski definition) is 2. The molecule has 0 aliphatic rings. The lowest BCUT2D eigenvalue weighted by molar-refractivity contribution is 0.0697. The first-order valence-corrected chi connectivity index (χ1v) is 9.77. The van der Waals surface area contributed by atoms with Crippen molar-refractivity contribution in [1.82, 2.24) is 0 Å². The number of benzene rings is 3. The molecule has 3 nitrogen and oxygen atoms in total. The van der Waals surface area contributed by atoms with E-state index in [9.17, 15) is 9.18 Å². The van der Waals surface area contributed by atoms with Gasteiger partial charge in [-0.2, -0.15) is 0 Å². The first-order valence-electron chi connectivity index (χ1n) is 8.60. The molecule has 3 aromatic rings. The molecule has 0 aliphatic carbocycles. The third kappa shape index (κ3) is 5.12. The molecule has 0 radical (unpaired) electrons. The van der Waals surface area contributed by atoms with Crippen LogP contribution in [0.3, 0.4) is 0 Å². The number of carbonyl (C=O) groups is 1. The summed E-state index contributed by atoms with van der Waals surface area (Å²) < 4.78 is 20.0. The minimum absolute atomic E-state index is 0.219. The Morgan fingerprint density at radius 3 is 2.46 bits per heavy atom. The lowest BCUT2D eigenvalue weighted by Crippen LogP contribution is -2.02. The largest absolute Gasteiger partial charge is 0.487 e. The van der Waals surface area contributed by atoms with Crippen LogP contribution in [-0.2, 0) is 19.4 Å². The van der Waals surface area contributed by atoms with Crippen LogP contribution >= 0.6 is 27.5 Å². The van der Waals surface area contributed by atoms with Crippen LogP contribution in [0.15, 0.2) is 65.1 Å². The van der Waals surface area contributed by atoms with Crippen molar-refractivity contribution in [3.8, 4) is 5.75 Å². The van der Waals surface area contributed by atoms with Crippen molar-refractivity contribution in [1.29, 1.82) is 0 Å². The highest BCUT2D eigenvalue weighted by Gasteiger charge is 2.13. The molecule has 0 aliphatic heterocycles. The SMILES string of the molecule is O=C(O)c1ccc(CCc2ccc(Cl)c(Br)c2OCc2cccc(F)c2)cc1. The Balaban J connectivity index is 1.75. The third-order valence-electron chi connectivity index (χ3n) is 4.29. The predicted octanol–water partition coefficient (Wildman–Crippen LogP) is 6.30. The number of hydrogen-bond donors (Lipinski definition) is 1. The van der Waals surface area contributed by atoms with Crippen LogP contribution in [0.1, 0.15) is 27.0 Å². The standard InChI is InChI=1S/C22H17BrClFO3/c23-20-19(24)11-10-16(7-4-14-5-8-17(9-6-14)22(26)27)21(20)28-13-15-2-1-3-18(25)12-15/h1-3,5-6,8-12H,4,7,13H2,(H,26,27). The molecule has 0 unspecified atom stereocenters. The molecule has 0 amide bonds. The number of ether oxygens (including phenoxy) is 1. The van der Waals surface area contributed by atoms with Gasteiger partial charge in [0.15, 0.2) is 0 Å². The third-order valence-corrected chi connectivity index (χ3v) is 5.62. The van der Waals surface area contributed by atoms with E-state index in [2.05, 4.69) is 15.9 Å². The molecule has 144 valence electrons. The van der Waals surface area contributed by atoms with Crippen LogP contribution in [0.5, 0.6) is 5.75 Å². The molecular formula is C22H17BrClFO3. The van der Waals surface area contributed by atoms with Gasteiger partial charge >= 0.3 is 5.97 Å². The molecule has 3 aromatic carbocycles. The lowest BCUT2D eigenvalue weighted by atomic mass is 10.0. The van der Waals surface area contributed by atoms with E-state index in [4.69, 9.17) is 21.4 Å². The molecule has 3 rings (SSSR count). The molecule has 0 aromatic heterocycles. The van der Waals surface area contributed by atoms with E-state index in [0.29, 0.717) is 28.1 Å². The van der Waals surface area contributed by atoms with Crippen LogP contribution in [0.4, 0.5) is 4.39 Å². The van der Waals surface area contributed by atoms with Gasteiger partial charge in [0.05, 0.1) is 15.1 Å². The molecular weight excluding hydrogens is 447 g/mol. The Morgan fingerprint density at radius 2 is 1.79 bits per heavy atom. The summed E-state index contributed by atoms with van der Waals surface area (Å²) in [4.78, 5) is 11.0. The number of aryl methyl sites for hydroxylation is 2. The van der Waals surface area contributed by atoms with Gasteiger partial charge in [0.2, 0.25) is 0 Å². The Morgan fingerprint density at radius 1 is 1.04 bits per heavy atom. The summed E-state index contributed by atoms with van der Waals surface area (Å²) in [5.41, 5.74) is 2.96. The van der Waals surface area contributed by atoms with Gasteiger partial charge in [-0.25, -0.2) is 9.18 Å². The van der Waals surface area contributed by atoms with Gasteiger partial charge in [-0.05, 0) is 75.8 Å². The minimum Gasteiger partial charge on any atom is -0.487 e. The number of carboxylic acid groups (broad SMARTS) is 1. The van der Waals surface area contributed by atoms with Crippen LogP contribution in [0.2, 0.25) is 5.02 Å². The smallest absolute Gasteiger partial charge is 0.335 e. The van der Waals surface area contributed by atoms with E-state index < -0.39 is 5.97 Å². The highest BCUT2D eigenvalue weighted by atomic mass is 79.9. The fraction of sp³-hybridized carbons (Fsp3) is 0.136. The summed E-state index contributed by atoms with van der Waals surface area (Å²) in [5, 5.41) is 9.52. The quantitative estimate of drug-likeness (QED) is 0.447. The van der Waals surface area contributed by atoms with Gasteiger partial charge in [0.1, 0.15) is 18.2 Å². The van der Waals surface area contributed by atoms with Crippen LogP contribution < -0.4 is 4.74 Å². The number of halogens is 3. The minimum atomic E-state index is -0.943. The van der Waals surface area contributed by atoms with E-state index in [0.717, 1.165) is 16.7 Å². The van der Waals surface area contributed by atoms with Crippen molar-refractivity contribution in [2.24, 2.45) is 0 Å². The van der Waals surface area contributed by atoms with E-state index >= 15 is 0 Å². The van der Waals surface area contributed by atoms with E-state index in [1.807, 2.05) is 18.2 Å².